The summed E-state index contributed by atoms with van der Waals surface area (Å²) in [6, 6.07) is 13.7. The fraction of sp³-hybridized carbons (Fsp3) is 0.0667. The third-order valence-electron chi connectivity index (χ3n) is 3.65. The number of nitrogens with zero attached hydrogens (tertiary/aromatic N) is 4. The number of fused-ring (bicyclic) bond motifs is 3. The molecule has 3 heterocycles. The highest BCUT2D eigenvalue weighted by Gasteiger charge is 2.19. The van der Waals surface area contributed by atoms with E-state index in [1.807, 2.05) is 11.3 Å². The molecule has 4 rings (SSSR count). The minimum absolute atomic E-state index is 0.257. The zero-order valence-corrected chi connectivity index (χ0v) is 12.5. The van der Waals surface area contributed by atoms with Crippen LogP contribution in [0.15, 0.2) is 59.6 Å². The molecule has 7 heteroatoms. The molecule has 0 saturated carbocycles. The van der Waals surface area contributed by atoms with Crippen LogP contribution in [-0.4, -0.2) is 27.0 Å². The second-order valence-electron chi connectivity index (χ2n) is 4.97. The van der Waals surface area contributed by atoms with Crippen LogP contribution < -0.4 is 0 Å². The van der Waals surface area contributed by atoms with Gasteiger partial charge in [0.2, 0.25) is 0 Å². The normalized spacial score (nSPS) is 12.2. The van der Waals surface area contributed by atoms with Crippen LogP contribution in [0, 0.1) is 6.92 Å². The third kappa shape index (κ3) is 1.69. The first kappa shape index (κ1) is 13.0. The largest absolute Gasteiger partial charge is 0.278 e. The summed E-state index contributed by atoms with van der Waals surface area (Å²) in [6.07, 6.45) is 1.56. The standard InChI is InChI=1S/C15H12N4O2S/c1-11-16-17-15-8-7-13-14(19(11)15)9-10-18(13)22(20,21)12-5-3-2-4-6-12/h2-10H,1H3. The van der Waals surface area contributed by atoms with Gasteiger partial charge in [0.15, 0.2) is 5.65 Å². The van der Waals surface area contributed by atoms with Crippen LogP contribution in [0.2, 0.25) is 0 Å². The zero-order chi connectivity index (χ0) is 15.3. The third-order valence-corrected chi connectivity index (χ3v) is 5.35. The molecule has 0 aliphatic heterocycles. The smallest absolute Gasteiger partial charge is 0.268 e. The van der Waals surface area contributed by atoms with Crippen molar-refractivity contribution in [2.24, 2.45) is 0 Å². The highest BCUT2D eigenvalue weighted by Crippen LogP contribution is 2.23. The summed E-state index contributed by atoms with van der Waals surface area (Å²) in [5.41, 5.74) is 2.05. The molecule has 110 valence electrons. The molecular weight excluding hydrogens is 300 g/mol. The predicted octanol–water partition coefficient (Wildman–Crippen LogP) is 2.23. The highest BCUT2D eigenvalue weighted by atomic mass is 32.2. The lowest BCUT2D eigenvalue weighted by atomic mass is 10.3. The van der Waals surface area contributed by atoms with Crippen LogP contribution in [0.25, 0.3) is 16.7 Å². The Labute approximate surface area is 126 Å². The summed E-state index contributed by atoms with van der Waals surface area (Å²) in [5.74, 6) is 0.718. The van der Waals surface area contributed by atoms with Crippen LogP contribution in [0.4, 0.5) is 0 Å². The molecule has 0 radical (unpaired) electrons. The SMILES string of the molecule is Cc1nnc2ccc3c(ccn3S(=O)(=O)c3ccccc3)n12. The number of benzene rings is 1. The van der Waals surface area contributed by atoms with E-state index in [4.69, 9.17) is 0 Å². The van der Waals surface area contributed by atoms with E-state index in [1.54, 1.807) is 54.7 Å². The summed E-state index contributed by atoms with van der Waals surface area (Å²) in [4.78, 5) is 0.257. The van der Waals surface area contributed by atoms with E-state index in [9.17, 15) is 8.42 Å². The van der Waals surface area contributed by atoms with Crippen molar-refractivity contribution in [3.63, 3.8) is 0 Å². The van der Waals surface area contributed by atoms with Gasteiger partial charge in [-0.2, -0.15) is 0 Å². The zero-order valence-electron chi connectivity index (χ0n) is 11.7. The first-order chi connectivity index (χ1) is 10.6. The van der Waals surface area contributed by atoms with E-state index < -0.39 is 10.0 Å². The van der Waals surface area contributed by atoms with Crippen LogP contribution in [0.5, 0.6) is 0 Å². The molecule has 0 aliphatic carbocycles. The Morgan fingerprint density at radius 3 is 2.45 bits per heavy atom. The Bertz CT molecular complexity index is 1090. The van der Waals surface area contributed by atoms with Crippen molar-refractivity contribution in [3.8, 4) is 0 Å². The van der Waals surface area contributed by atoms with Crippen molar-refractivity contribution in [2.75, 3.05) is 0 Å². The van der Waals surface area contributed by atoms with Gasteiger partial charge in [-0.3, -0.25) is 4.40 Å². The van der Waals surface area contributed by atoms with E-state index in [0.29, 0.717) is 11.2 Å². The molecule has 0 atom stereocenters. The molecular formula is C15H12N4O2S. The Kier molecular flexibility index (Phi) is 2.61. The monoisotopic (exact) mass is 312 g/mol. The number of aromatic nitrogens is 4. The number of aryl methyl sites for hydroxylation is 1. The summed E-state index contributed by atoms with van der Waals surface area (Å²) in [6.45, 7) is 1.84. The summed E-state index contributed by atoms with van der Waals surface area (Å²) in [5, 5.41) is 8.08. The number of pyridine rings is 1. The van der Waals surface area contributed by atoms with Gasteiger partial charge in [0.05, 0.1) is 15.9 Å². The highest BCUT2D eigenvalue weighted by molar-refractivity contribution is 7.90. The molecule has 4 aromatic rings. The molecule has 0 N–H and O–H groups in total. The van der Waals surface area contributed by atoms with Crippen molar-refractivity contribution in [3.05, 3.63) is 60.6 Å². The second-order valence-corrected chi connectivity index (χ2v) is 6.79. The molecule has 22 heavy (non-hydrogen) atoms. The number of hydrogen-bond acceptors (Lipinski definition) is 4. The van der Waals surface area contributed by atoms with Gasteiger partial charge in [-0.05, 0) is 37.3 Å². The first-order valence-corrected chi connectivity index (χ1v) is 8.15. The molecule has 0 amide bonds. The minimum Gasteiger partial charge on any atom is -0.278 e. The fourth-order valence-electron chi connectivity index (χ4n) is 2.62. The molecule has 0 saturated heterocycles. The Morgan fingerprint density at radius 2 is 1.68 bits per heavy atom. The molecule has 0 bridgehead atoms. The Hall–Kier alpha value is -2.67. The van der Waals surface area contributed by atoms with E-state index in [2.05, 4.69) is 10.2 Å². The summed E-state index contributed by atoms with van der Waals surface area (Å²) < 4.78 is 28.7. The van der Waals surface area contributed by atoms with Gasteiger partial charge in [0.25, 0.3) is 10.0 Å². The second kappa shape index (κ2) is 4.41. The van der Waals surface area contributed by atoms with E-state index in [0.717, 1.165) is 11.3 Å². The van der Waals surface area contributed by atoms with Gasteiger partial charge in [0.1, 0.15) is 5.82 Å². The number of hydrogen-bond donors (Lipinski definition) is 0. The lowest BCUT2D eigenvalue weighted by Crippen LogP contribution is -2.11. The lowest BCUT2D eigenvalue weighted by molar-refractivity contribution is 0.589. The minimum atomic E-state index is -3.62. The predicted molar refractivity (Wildman–Crippen MR) is 82.2 cm³/mol. The van der Waals surface area contributed by atoms with E-state index in [1.165, 1.54) is 3.97 Å². The van der Waals surface area contributed by atoms with Crippen LogP contribution in [0.3, 0.4) is 0 Å². The van der Waals surface area contributed by atoms with Gasteiger partial charge in [-0.25, -0.2) is 12.4 Å². The lowest BCUT2D eigenvalue weighted by Gasteiger charge is -2.07. The van der Waals surface area contributed by atoms with Gasteiger partial charge >= 0.3 is 0 Å². The average Bonchev–Trinajstić information content (AvgIpc) is 3.12. The average molecular weight is 312 g/mol. The van der Waals surface area contributed by atoms with Crippen molar-refractivity contribution in [2.45, 2.75) is 11.8 Å². The molecule has 0 spiro atoms. The van der Waals surface area contributed by atoms with Gasteiger partial charge < -0.3 is 0 Å². The maximum atomic E-state index is 12.8. The summed E-state index contributed by atoms with van der Waals surface area (Å²) >= 11 is 0. The topological polar surface area (TPSA) is 69.3 Å². The maximum absolute atomic E-state index is 12.8. The van der Waals surface area contributed by atoms with Crippen LogP contribution in [0.1, 0.15) is 5.82 Å². The molecule has 0 unspecified atom stereocenters. The molecule has 1 aromatic carbocycles. The Balaban J connectivity index is 2.05. The summed E-state index contributed by atoms with van der Waals surface area (Å²) in [7, 11) is -3.62. The van der Waals surface area contributed by atoms with E-state index >= 15 is 0 Å². The molecule has 0 fully saturated rings. The fourth-order valence-corrected chi connectivity index (χ4v) is 3.98. The van der Waals surface area contributed by atoms with Crippen molar-refractivity contribution in [1.29, 1.82) is 0 Å². The van der Waals surface area contributed by atoms with Crippen LogP contribution in [-0.2, 0) is 10.0 Å². The Morgan fingerprint density at radius 1 is 0.909 bits per heavy atom. The first-order valence-electron chi connectivity index (χ1n) is 6.71. The molecule has 6 nitrogen and oxygen atoms in total. The maximum Gasteiger partial charge on any atom is 0.268 e. The van der Waals surface area contributed by atoms with Crippen LogP contribution >= 0.6 is 0 Å². The molecule has 0 aliphatic rings. The van der Waals surface area contributed by atoms with Gasteiger partial charge in [-0.15, -0.1) is 10.2 Å². The quantitative estimate of drug-likeness (QED) is 0.569. The molecule has 3 aromatic heterocycles. The van der Waals surface area contributed by atoms with Crippen molar-refractivity contribution >= 4 is 26.7 Å². The van der Waals surface area contributed by atoms with Crippen molar-refractivity contribution in [1.82, 2.24) is 18.6 Å². The van der Waals surface area contributed by atoms with Gasteiger partial charge in [0, 0.05) is 6.20 Å². The van der Waals surface area contributed by atoms with Crippen molar-refractivity contribution < 1.29 is 8.42 Å². The van der Waals surface area contributed by atoms with Gasteiger partial charge in [-0.1, -0.05) is 18.2 Å². The number of rotatable bonds is 2. The van der Waals surface area contributed by atoms with E-state index in [-0.39, 0.29) is 4.90 Å².